The van der Waals surface area contributed by atoms with Crippen molar-refractivity contribution in [1.29, 1.82) is 0 Å². The molecule has 2 aromatic rings. The number of nitrogens with two attached hydrogens (primary N) is 1. The third-order valence-electron chi connectivity index (χ3n) is 1.91. The van der Waals surface area contributed by atoms with Gasteiger partial charge in [-0.3, -0.25) is 0 Å². The van der Waals surface area contributed by atoms with Crippen molar-refractivity contribution in [3.8, 4) is 0 Å². The van der Waals surface area contributed by atoms with Gasteiger partial charge in [-0.1, -0.05) is 5.21 Å². The van der Waals surface area contributed by atoms with Crippen LogP contribution in [0.3, 0.4) is 0 Å². The minimum Gasteiger partial charge on any atom is -0.330 e. The fourth-order valence-electron chi connectivity index (χ4n) is 1.25. The zero-order valence-corrected chi connectivity index (χ0v) is 8.57. The van der Waals surface area contributed by atoms with E-state index in [4.69, 9.17) is 5.73 Å². The molecule has 14 heavy (non-hydrogen) atoms. The van der Waals surface area contributed by atoms with Gasteiger partial charge >= 0.3 is 0 Å². The highest BCUT2D eigenvalue weighted by atomic mass is 32.1. The first-order valence-electron chi connectivity index (χ1n) is 4.48. The van der Waals surface area contributed by atoms with Crippen molar-refractivity contribution in [2.45, 2.75) is 13.0 Å². The van der Waals surface area contributed by atoms with Crippen molar-refractivity contribution < 1.29 is 0 Å². The van der Waals surface area contributed by atoms with Crippen LogP contribution in [0.1, 0.15) is 11.3 Å². The van der Waals surface area contributed by atoms with Crippen LogP contribution in [0.2, 0.25) is 0 Å². The van der Waals surface area contributed by atoms with Gasteiger partial charge in [-0.05, 0) is 28.9 Å². The lowest BCUT2D eigenvalue weighted by atomic mass is 10.3. The Labute approximate surface area is 86.4 Å². The molecule has 0 aliphatic rings. The number of rotatable bonds is 4. The maximum Gasteiger partial charge on any atom is 0.0839 e. The van der Waals surface area contributed by atoms with Crippen molar-refractivity contribution in [3.63, 3.8) is 0 Å². The van der Waals surface area contributed by atoms with Gasteiger partial charge < -0.3 is 5.73 Å². The molecule has 0 unspecified atom stereocenters. The Balaban J connectivity index is 2.03. The molecule has 2 N–H and O–H groups in total. The van der Waals surface area contributed by atoms with Crippen molar-refractivity contribution in [2.75, 3.05) is 6.54 Å². The van der Waals surface area contributed by atoms with Gasteiger partial charge in [-0.2, -0.15) is 11.3 Å². The summed E-state index contributed by atoms with van der Waals surface area (Å²) >= 11 is 1.69. The van der Waals surface area contributed by atoms with E-state index in [0.29, 0.717) is 6.54 Å². The van der Waals surface area contributed by atoms with Crippen molar-refractivity contribution in [1.82, 2.24) is 15.0 Å². The molecular formula is C9H12N4S. The van der Waals surface area contributed by atoms with E-state index in [0.717, 1.165) is 18.7 Å². The van der Waals surface area contributed by atoms with Crippen LogP contribution in [0.15, 0.2) is 23.0 Å². The monoisotopic (exact) mass is 208 g/mol. The quantitative estimate of drug-likeness (QED) is 0.811. The Morgan fingerprint density at radius 2 is 2.43 bits per heavy atom. The summed E-state index contributed by atoms with van der Waals surface area (Å²) < 4.78 is 1.84. The Bertz CT molecular complexity index is 379. The molecule has 0 aliphatic carbocycles. The molecule has 0 atom stereocenters. The van der Waals surface area contributed by atoms with Gasteiger partial charge in [-0.25, -0.2) is 4.68 Å². The molecule has 5 heteroatoms. The van der Waals surface area contributed by atoms with E-state index in [1.807, 2.05) is 10.9 Å². The predicted molar refractivity (Wildman–Crippen MR) is 56.2 cm³/mol. The summed E-state index contributed by atoms with van der Waals surface area (Å²) in [5.74, 6) is 0. The zero-order chi connectivity index (χ0) is 9.80. The Hall–Kier alpha value is -1.20. The molecule has 2 aromatic heterocycles. The number of thiophene rings is 1. The van der Waals surface area contributed by atoms with Gasteiger partial charge in [0.15, 0.2) is 0 Å². The fraction of sp³-hybridized carbons (Fsp3) is 0.333. The Morgan fingerprint density at radius 1 is 1.50 bits per heavy atom. The molecule has 2 heterocycles. The third kappa shape index (κ3) is 2.18. The minimum atomic E-state index is 0.622. The van der Waals surface area contributed by atoms with E-state index in [2.05, 4.69) is 27.1 Å². The SMILES string of the molecule is NCCc1cn(Cc2ccsc2)nn1. The summed E-state index contributed by atoms with van der Waals surface area (Å²) in [6.45, 7) is 1.41. The van der Waals surface area contributed by atoms with Gasteiger partial charge in [-0.15, -0.1) is 5.10 Å². The molecule has 0 aromatic carbocycles. The molecule has 0 spiro atoms. The standard InChI is InChI=1S/C9H12N4S/c10-3-1-9-6-13(12-11-9)5-8-2-4-14-7-8/h2,4,6-7H,1,3,5,10H2. The van der Waals surface area contributed by atoms with Crippen LogP contribution in [0.4, 0.5) is 0 Å². The number of hydrogen-bond donors (Lipinski definition) is 1. The lowest BCUT2D eigenvalue weighted by Gasteiger charge is -1.95. The number of hydrogen-bond acceptors (Lipinski definition) is 4. The van der Waals surface area contributed by atoms with Gasteiger partial charge in [0, 0.05) is 12.6 Å². The molecule has 0 bridgehead atoms. The van der Waals surface area contributed by atoms with Crippen LogP contribution >= 0.6 is 11.3 Å². The maximum absolute atomic E-state index is 5.43. The average Bonchev–Trinajstić information content (AvgIpc) is 2.79. The highest BCUT2D eigenvalue weighted by Crippen LogP contribution is 2.07. The number of nitrogens with zero attached hydrogens (tertiary/aromatic N) is 3. The highest BCUT2D eigenvalue weighted by Gasteiger charge is 2.00. The van der Waals surface area contributed by atoms with E-state index in [9.17, 15) is 0 Å². The number of aromatic nitrogens is 3. The predicted octanol–water partition coefficient (Wildman–Crippen LogP) is 0.889. The fourth-order valence-corrected chi connectivity index (χ4v) is 1.91. The van der Waals surface area contributed by atoms with Crippen LogP contribution in [0.25, 0.3) is 0 Å². The summed E-state index contributed by atoms with van der Waals surface area (Å²) in [5.41, 5.74) is 7.65. The lowest BCUT2D eigenvalue weighted by Crippen LogP contribution is -2.02. The second-order valence-corrected chi connectivity index (χ2v) is 3.86. The van der Waals surface area contributed by atoms with E-state index in [1.54, 1.807) is 11.3 Å². The minimum absolute atomic E-state index is 0.622. The van der Waals surface area contributed by atoms with Crippen LogP contribution in [0.5, 0.6) is 0 Å². The first-order valence-corrected chi connectivity index (χ1v) is 5.43. The second kappa shape index (κ2) is 4.34. The third-order valence-corrected chi connectivity index (χ3v) is 2.64. The Morgan fingerprint density at radius 3 is 3.14 bits per heavy atom. The van der Waals surface area contributed by atoms with Crippen molar-refractivity contribution in [3.05, 3.63) is 34.3 Å². The molecule has 4 nitrogen and oxygen atoms in total. The summed E-state index contributed by atoms with van der Waals surface area (Å²) in [4.78, 5) is 0. The van der Waals surface area contributed by atoms with Crippen LogP contribution in [0, 0.1) is 0 Å². The first kappa shape index (κ1) is 9.36. The van der Waals surface area contributed by atoms with Gasteiger partial charge in [0.2, 0.25) is 0 Å². The molecule has 0 aliphatic heterocycles. The second-order valence-electron chi connectivity index (χ2n) is 3.08. The zero-order valence-electron chi connectivity index (χ0n) is 7.76. The van der Waals surface area contributed by atoms with Crippen molar-refractivity contribution in [2.24, 2.45) is 5.73 Å². The first-order chi connectivity index (χ1) is 6.88. The van der Waals surface area contributed by atoms with E-state index < -0.39 is 0 Å². The summed E-state index contributed by atoms with van der Waals surface area (Å²) in [7, 11) is 0. The summed E-state index contributed by atoms with van der Waals surface area (Å²) in [5, 5.41) is 12.2. The van der Waals surface area contributed by atoms with Crippen LogP contribution in [-0.4, -0.2) is 21.5 Å². The molecule has 74 valence electrons. The van der Waals surface area contributed by atoms with Crippen molar-refractivity contribution >= 4 is 11.3 Å². The average molecular weight is 208 g/mol. The molecule has 0 amide bonds. The van der Waals surface area contributed by atoms with Gasteiger partial charge in [0.25, 0.3) is 0 Å². The van der Waals surface area contributed by atoms with Gasteiger partial charge in [0.1, 0.15) is 0 Å². The van der Waals surface area contributed by atoms with E-state index >= 15 is 0 Å². The van der Waals surface area contributed by atoms with Gasteiger partial charge in [0.05, 0.1) is 12.2 Å². The largest absolute Gasteiger partial charge is 0.330 e. The Kier molecular flexibility index (Phi) is 2.90. The molecule has 0 fully saturated rings. The van der Waals surface area contributed by atoms with Crippen LogP contribution in [-0.2, 0) is 13.0 Å². The molecule has 0 saturated heterocycles. The van der Waals surface area contributed by atoms with E-state index in [-0.39, 0.29) is 0 Å². The smallest absolute Gasteiger partial charge is 0.0839 e. The maximum atomic E-state index is 5.43. The lowest BCUT2D eigenvalue weighted by molar-refractivity contribution is 0.650. The highest BCUT2D eigenvalue weighted by molar-refractivity contribution is 7.07. The molecule has 2 rings (SSSR count). The normalized spacial score (nSPS) is 10.6. The van der Waals surface area contributed by atoms with E-state index in [1.165, 1.54) is 5.56 Å². The van der Waals surface area contributed by atoms with Crippen LogP contribution < -0.4 is 5.73 Å². The topological polar surface area (TPSA) is 56.7 Å². The molecule has 0 saturated carbocycles. The summed E-state index contributed by atoms with van der Waals surface area (Å²) in [6.07, 6.45) is 2.74. The molecule has 0 radical (unpaired) electrons. The summed E-state index contributed by atoms with van der Waals surface area (Å²) in [6, 6.07) is 2.09. The molecular weight excluding hydrogens is 196 g/mol.